The minimum Gasteiger partial charge on any atom is -0.469 e. The van der Waals surface area contributed by atoms with Crippen molar-refractivity contribution in [2.75, 3.05) is 7.11 Å². The van der Waals surface area contributed by atoms with Gasteiger partial charge < -0.3 is 4.74 Å². The molecule has 1 rings (SSSR count). The van der Waals surface area contributed by atoms with E-state index in [0.29, 0.717) is 0 Å². The van der Waals surface area contributed by atoms with Crippen LogP contribution in [0.15, 0.2) is 12.1 Å². The second-order valence-corrected chi connectivity index (χ2v) is 4.04. The van der Waals surface area contributed by atoms with Gasteiger partial charge in [-0.05, 0) is 12.1 Å². The van der Waals surface area contributed by atoms with E-state index in [1.165, 1.54) is 31.6 Å². The predicted octanol–water partition coefficient (Wildman–Crippen LogP) is 2.90. The van der Waals surface area contributed by atoms with Gasteiger partial charge in [0.1, 0.15) is 0 Å². The van der Waals surface area contributed by atoms with Gasteiger partial charge >= 0.3 is 5.97 Å². The molecular weight excluding hydrogens is 304 g/mol. The summed E-state index contributed by atoms with van der Waals surface area (Å²) in [5.41, 5.74) is 1.07. The third kappa shape index (κ3) is 5.10. The Kier molecular flexibility index (Phi) is 7.70. The van der Waals surface area contributed by atoms with Gasteiger partial charge in [0.2, 0.25) is 0 Å². The second kappa shape index (κ2) is 8.16. The number of rotatable bonds is 1. The molecule has 0 spiro atoms. The molecule has 99 valence electrons. The Bertz CT molecular complexity index is 451. The summed E-state index contributed by atoms with van der Waals surface area (Å²) in [6, 6.07) is 2.83. The van der Waals surface area contributed by atoms with Crippen molar-refractivity contribution in [3.8, 4) is 0 Å². The zero-order chi connectivity index (χ0) is 14.3. The Hall–Kier alpha value is -1.01. The van der Waals surface area contributed by atoms with Gasteiger partial charge in [-0.3, -0.25) is 9.59 Å². The summed E-state index contributed by atoms with van der Waals surface area (Å²) in [6.45, 7) is 1.36. The van der Waals surface area contributed by atoms with Crippen molar-refractivity contribution in [2.45, 2.75) is 6.92 Å². The predicted molar refractivity (Wildman–Crippen MR) is 67.3 cm³/mol. The molecule has 1 aromatic carbocycles. The van der Waals surface area contributed by atoms with Gasteiger partial charge in [0.05, 0.1) is 27.7 Å². The number of carbonyl (C=O) groups excluding carboxylic acids is 2. The first-order chi connectivity index (χ1) is 8.34. The van der Waals surface area contributed by atoms with Crippen LogP contribution in [0, 0.1) is 0 Å². The van der Waals surface area contributed by atoms with Crippen molar-refractivity contribution in [1.82, 2.24) is 5.48 Å². The molecule has 0 aromatic heterocycles. The number of amides is 1. The SMILES string of the molecule is COC(C)=O.[O]NC(=O)c1c(Cl)ccc(Cl)c1Cl. The lowest BCUT2D eigenvalue weighted by molar-refractivity contribution is -0.137. The normalized spacial score (nSPS) is 9.00. The molecule has 0 aliphatic carbocycles. The number of methoxy groups -OCH3 is 1. The van der Waals surface area contributed by atoms with Crippen LogP contribution in [0.4, 0.5) is 0 Å². The van der Waals surface area contributed by atoms with Crippen molar-refractivity contribution in [3.63, 3.8) is 0 Å². The third-order valence-corrected chi connectivity index (χ3v) is 2.77. The number of halogens is 3. The van der Waals surface area contributed by atoms with Crippen LogP contribution in [-0.2, 0) is 14.7 Å². The zero-order valence-corrected chi connectivity index (χ0v) is 11.7. The van der Waals surface area contributed by atoms with Crippen molar-refractivity contribution in [1.29, 1.82) is 0 Å². The Balaban J connectivity index is 0.000000494. The number of benzene rings is 1. The fourth-order valence-corrected chi connectivity index (χ4v) is 1.49. The number of hydroxylamine groups is 1. The summed E-state index contributed by atoms with van der Waals surface area (Å²) in [7, 11) is 1.35. The van der Waals surface area contributed by atoms with Crippen molar-refractivity contribution in [3.05, 3.63) is 32.8 Å². The van der Waals surface area contributed by atoms with Crippen LogP contribution < -0.4 is 5.48 Å². The van der Waals surface area contributed by atoms with Crippen LogP contribution in [0.1, 0.15) is 17.3 Å². The maximum Gasteiger partial charge on any atom is 0.302 e. The molecule has 0 saturated carbocycles. The molecule has 0 bridgehead atoms. The highest BCUT2D eigenvalue weighted by Gasteiger charge is 2.16. The van der Waals surface area contributed by atoms with E-state index in [9.17, 15) is 14.8 Å². The molecule has 1 radical (unpaired) electrons. The fraction of sp³-hybridized carbons (Fsp3) is 0.200. The lowest BCUT2D eigenvalue weighted by atomic mass is 10.2. The Morgan fingerprint density at radius 1 is 1.17 bits per heavy atom. The summed E-state index contributed by atoms with van der Waals surface area (Å²) in [4.78, 5) is 20.5. The van der Waals surface area contributed by atoms with E-state index in [-0.39, 0.29) is 26.6 Å². The molecule has 1 N–H and O–H groups in total. The van der Waals surface area contributed by atoms with Crippen molar-refractivity contribution in [2.24, 2.45) is 0 Å². The minimum absolute atomic E-state index is 0.0254. The Morgan fingerprint density at radius 2 is 1.61 bits per heavy atom. The first-order valence-electron chi connectivity index (χ1n) is 4.45. The van der Waals surface area contributed by atoms with Crippen LogP contribution in [0.3, 0.4) is 0 Å². The second-order valence-electron chi connectivity index (χ2n) is 2.85. The zero-order valence-electron chi connectivity index (χ0n) is 9.42. The van der Waals surface area contributed by atoms with E-state index in [1.54, 1.807) is 0 Å². The summed E-state index contributed by atoms with van der Waals surface area (Å²) in [5, 5.41) is 10.3. The van der Waals surface area contributed by atoms with Crippen molar-refractivity contribution < 1.29 is 19.5 Å². The molecule has 18 heavy (non-hydrogen) atoms. The first-order valence-corrected chi connectivity index (χ1v) is 5.59. The van der Waals surface area contributed by atoms with Crippen LogP contribution in [-0.4, -0.2) is 19.0 Å². The molecule has 1 amide bonds. The third-order valence-electron chi connectivity index (χ3n) is 1.65. The van der Waals surface area contributed by atoms with Gasteiger partial charge in [-0.1, -0.05) is 40.0 Å². The molecule has 0 aliphatic rings. The number of hydrogen-bond acceptors (Lipinski definition) is 3. The van der Waals surface area contributed by atoms with Crippen molar-refractivity contribution >= 4 is 46.7 Å². The number of hydrogen-bond donors (Lipinski definition) is 1. The first kappa shape index (κ1) is 17.0. The highest BCUT2D eigenvalue weighted by molar-refractivity contribution is 6.46. The van der Waals surface area contributed by atoms with Gasteiger partial charge in [-0.15, -0.1) is 0 Å². The average Bonchev–Trinajstić information content (AvgIpc) is 2.34. The molecule has 0 fully saturated rings. The average molecular weight is 314 g/mol. The number of nitrogens with one attached hydrogen (secondary N) is 1. The molecule has 5 nitrogen and oxygen atoms in total. The van der Waals surface area contributed by atoms with Crippen LogP contribution in [0.2, 0.25) is 15.1 Å². The summed E-state index contributed by atoms with van der Waals surface area (Å²) in [5.74, 6) is -1.15. The molecular formula is C10H9Cl3NO4. The van der Waals surface area contributed by atoms with E-state index in [2.05, 4.69) is 4.74 Å². The molecule has 0 unspecified atom stereocenters. The monoisotopic (exact) mass is 312 g/mol. The lowest BCUT2D eigenvalue weighted by Crippen LogP contribution is -2.18. The van der Waals surface area contributed by atoms with Crippen LogP contribution in [0.25, 0.3) is 0 Å². The van der Waals surface area contributed by atoms with Gasteiger partial charge in [0, 0.05) is 6.92 Å². The van der Waals surface area contributed by atoms with E-state index in [0.717, 1.165) is 0 Å². The van der Waals surface area contributed by atoms with E-state index in [1.807, 2.05) is 0 Å². The van der Waals surface area contributed by atoms with Gasteiger partial charge in [0.15, 0.2) is 0 Å². The fourth-order valence-electron chi connectivity index (χ4n) is 0.786. The van der Waals surface area contributed by atoms with Gasteiger partial charge in [-0.2, -0.15) is 5.48 Å². The Labute approximate surface area is 119 Å². The van der Waals surface area contributed by atoms with Gasteiger partial charge in [-0.25, -0.2) is 0 Å². The van der Waals surface area contributed by atoms with Crippen LogP contribution >= 0.6 is 34.8 Å². The van der Waals surface area contributed by atoms with Crippen LogP contribution in [0.5, 0.6) is 0 Å². The highest BCUT2D eigenvalue weighted by atomic mass is 35.5. The molecule has 0 atom stereocenters. The number of esters is 1. The Morgan fingerprint density at radius 3 is 2.00 bits per heavy atom. The highest BCUT2D eigenvalue weighted by Crippen LogP contribution is 2.31. The van der Waals surface area contributed by atoms with E-state index >= 15 is 0 Å². The summed E-state index contributed by atoms with van der Waals surface area (Å²) < 4.78 is 4.11. The maximum atomic E-state index is 11.0. The molecule has 8 heteroatoms. The minimum atomic E-state index is -0.905. The molecule has 0 heterocycles. The molecule has 0 saturated heterocycles. The molecule has 1 aromatic rings. The maximum absolute atomic E-state index is 11.0. The number of ether oxygens (including phenoxy) is 1. The lowest BCUT2D eigenvalue weighted by Gasteiger charge is -2.04. The molecule has 0 aliphatic heterocycles. The standard InChI is InChI=1S/C7H3Cl3NO2.C3H6O2/c8-3-1-2-4(9)6(10)5(3)7(12)11-13;1-3(4)5-2/h1-2H,(H,11,12);1-2H3. The quantitative estimate of drug-likeness (QED) is 0.492. The largest absolute Gasteiger partial charge is 0.469 e. The topological polar surface area (TPSA) is 75.3 Å². The summed E-state index contributed by atoms with van der Waals surface area (Å²) in [6.07, 6.45) is 0. The van der Waals surface area contributed by atoms with E-state index < -0.39 is 5.91 Å². The van der Waals surface area contributed by atoms with E-state index in [4.69, 9.17) is 34.8 Å². The number of carbonyl (C=O) groups is 2. The smallest absolute Gasteiger partial charge is 0.302 e. The van der Waals surface area contributed by atoms with Gasteiger partial charge in [0.25, 0.3) is 5.91 Å². The summed E-state index contributed by atoms with van der Waals surface area (Å²) >= 11 is 16.9.